The quantitative estimate of drug-likeness (QED) is 0.619. The maximum absolute atomic E-state index is 12.9. The molecule has 0 aliphatic rings. The number of aryl methyl sites for hydroxylation is 1. The highest BCUT2D eigenvalue weighted by Gasteiger charge is 2.30. The van der Waals surface area contributed by atoms with Gasteiger partial charge >= 0.3 is 6.18 Å². The number of nitrogens with zero attached hydrogens (tertiary/aromatic N) is 4. The summed E-state index contributed by atoms with van der Waals surface area (Å²) in [6.07, 6.45) is -1.13. The van der Waals surface area contributed by atoms with Crippen molar-refractivity contribution in [1.29, 1.82) is 0 Å². The van der Waals surface area contributed by atoms with Gasteiger partial charge in [0.1, 0.15) is 6.04 Å². The highest BCUT2D eigenvalue weighted by molar-refractivity contribution is 9.10. The fourth-order valence-electron chi connectivity index (χ4n) is 2.63. The van der Waals surface area contributed by atoms with Crippen LogP contribution in [0.3, 0.4) is 0 Å². The summed E-state index contributed by atoms with van der Waals surface area (Å²) >= 11 is 3.28. The summed E-state index contributed by atoms with van der Waals surface area (Å²) < 4.78 is 42.4. The number of hydrogen-bond donors (Lipinski definition) is 1. The Bertz CT molecular complexity index is 995. The molecule has 10 heteroatoms. The van der Waals surface area contributed by atoms with Crippen molar-refractivity contribution in [2.24, 2.45) is 0 Å². The summed E-state index contributed by atoms with van der Waals surface area (Å²) in [4.78, 5) is 12.4. The first-order valence-electron chi connectivity index (χ1n) is 8.34. The zero-order valence-electron chi connectivity index (χ0n) is 15.0. The molecule has 0 aliphatic heterocycles. The molecule has 1 aromatic carbocycles. The third-order valence-electron chi connectivity index (χ3n) is 4.17. The largest absolute Gasteiger partial charge is 0.416 e. The van der Waals surface area contributed by atoms with Crippen LogP contribution in [0.15, 0.2) is 47.2 Å². The number of carbonyl (C=O) groups excluding carboxylic acids is 1. The summed E-state index contributed by atoms with van der Waals surface area (Å²) in [6.45, 7) is 3.62. The maximum atomic E-state index is 12.9. The number of halogens is 4. The van der Waals surface area contributed by atoms with Crippen molar-refractivity contribution in [1.82, 2.24) is 19.6 Å². The number of nitrogens with one attached hydrogen (secondary N) is 1. The van der Waals surface area contributed by atoms with E-state index in [1.807, 2.05) is 0 Å². The number of alkyl halides is 3. The lowest BCUT2D eigenvalue weighted by atomic mass is 10.1. The van der Waals surface area contributed by atoms with Gasteiger partial charge < -0.3 is 5.32 Å². The molecule has 0 saturated carbocycles. The number of benzene rings is 1. The lowest BCUT2D eigenvalue weighted by Gasteiger charge is -2.11. The highest BCUT2D eigenvalue weighted by Crippen LogP contribution is 2.29. The van der Waals surface area contributed by atoms with E-state index in [2.05, 4.69) is 31.4 Å². The predicted octanol–water partition coefficient (Wildman–Crippen LogP) is 4.42. The van der Waals surface area contributed by atoms with Gasteiger partial charge in [-0.15, -0.1) is 0 Å². The Balaban J connectivity index is 1.72. The van der Waals surface area contributed by atoms with E-state index in [1.165, 1.54) is 10.7 Å². The van der Waals surface area contributed by atoms with Crippen LogP contribution in [-0.2, 0) is 17.5 Å². The molecule has 0 saturated heterocycles. The molecule has 2 aromatic heterocycles. The highest BCUT2D eigenvalue weighted by atomic mass is 79.9. The van der Waals surface area contributed by atoms with Gasteiger partial charge in [0.25, 0.3) is 0 Å². The van der Waals surface area contributed by atoms with Crippen LogP contribution in [0.5, 0.6) is 0 Å². The van der Waals surface area contributed by atoms with Gasteiger partial charge in [0.2, 0.25) is 5.91 Å². The van der Waals surface area contributed by atoms with Crippen LogP contribution in [-0.4, -0.2) is 25.5 Å². The van der Waals surface area contributed by atoms with Crippen LogP contribution in [0.1, 0.15) is 29.8 Å². The van der Waals surface area contributed by atoms with Crippen molar-refractivity contribution in [2.75, 3.05) is 5.32 Å². The topological polar surface area (TPSA) is 64.7 Å². The summed E-state index contributed by atoms with van der Waals surface area (Å²) in [5.41, 5.74) is 0.471. The second-order valence-electron chi connectivity index (χ2n) is 6.33. The fourth-order valence-corrected chi connectivity index (χ4v) is 2.93. The second kappa shape index (κ2) is 7.78. The first-order chi connectivity index (χ1) is 13.1. The van der Waals surface area contributed by atoms with Crippen molar-refractivity contribution in [2.45, 2.75) is 32.6 Å². The monoisotopic (exact) mass is 455 g/mol. The Hall–Kier alpha value is -2.62. The van der Waals surface area contributed by atoms with Crippen LogP contribution in [0.2, 0.25) is 0 Å². The average Bonchev–Trinajstić information content (AvgIpc) is 3.19. The number of carbonyl (C=O) groups is 1. The van der Waals surface area contributed by atoms with Crippen molar-refractivity contribution in [3.05, 3.63) is 64.0 Å². The standard InChI is InChI=1S/C18H17BrF3N5O/c1-11-6-16(24-17(28)12(2)27-10-15(19)8-23-27)25-26(11)9-13-4-3-5-14(7-13)18(20,21)22/h3-8,10,12H,9H2,1-2H3,(H,24,25,28). The van der Waals surface area contributed by atoms with Crippen LogP contribution >= 0.6 is 15.9 Å². The summed E-state index contributed by atoms with van der Waals surface area (Å²) in [5, 5.41) is 11.1. The minimum absolute atomic E-state index is 0.160. The average molecular weight is 456 g/mol. The first-order valence-corrected chi connectivity index (χ1v) is 9.14. The lowest BCUT2D eigenvalue weighted by molar-refractivity contribution is -0.137. The summed E-state index contributed by atoms with van der Waals surface area (Å²) in [6, 6.07) is 6.20. The van der Waals surface area contributed by atoms with Crippen molar-refractivity contribution < 1.29 is 18.0 Å². The predicted molar refractivity (Wildman–Crippen MR) is 101 cm³/mol. The number of rotatable bonds is 5. The molecule has 1 amide bonds. The zero-order chi connectivity index (χ0) is 20.5. The van der Waals surface area contributed by atoms with Crippen molar-refractivity contribution in [3.8, 4) is 0 Å². The molecular weight excluding hydrogens is 439 g/mol. The minimum Gasteiger partial charge on any atom is -0.307 e. The molecule has 1 N–H and O–H groups in total. The van der Waals surface area contributed by atoms with Gasteiger partial charge in [-0.3, -0.25) is 14.2 Å². The van der Waals surface area contributed by atoms with Gasteiger partial charge in [-0.05, 0) is 47.5 Å². The molecular formula is C18H17BrF3N5O. The first kappa shape index (κ1) is 20.1. The van der Waals surface area contributed by atoms with Gasteiger partial charge in [0.05, 0.1) is 22.8 Å². The Morgan fingerprint density at radius 2 is 2.07 bits per heavy atom. The molecule has 0 fully saturated rings. The fraction of sp³-hybridized carbons (Fsp3) is 0.278. The lowest BCUT2D eigenvalue weighted by Crippen LogP contribution is -2.24. The van der Waals surface area contributed by atoms with Crippen LogP contribution in [0, 0.1) is 6.92 Å². The third-order valence-corrected chi connectivity index (χ3v) is 4.57. The normalized spacial score (nSPS) is 12.8. The Morgan fingerprint density at radius 3 is 2.71 bits per heavy atom. The molecule has 1 atom stereocenters. The summed E-state index contributed by atoms with van der Waals surface area (Å²) in [5.74, 6) is 0.0202. The van der Waals surface area contributed by atoms with Crippen LogP contribution in [0.25, 0.3) is 0 Å². The van der Waals surface area contributed by atoms with Crippen molar-refractivity contribution >= 4 is 27.7 Å². The van der Waals surface area contributed by atoms with Gasteiger partial charge in [0.15, 0.2) is 5.82 Å². The van der Waals surface area contributed by atoms with E-state index in [0.717, 1.165) is 16.6 Å². The molecule has 0 spiro atoms. The number of anilines is 1. The van der Waals surface area contributed by atoms with Crippen LogP contribution < -0.4 is 5.32 Å². The van der Waals surface area contributed by atoms with Gasteiger partial charge in [-0.25, -0.2) is 0 Å². The van der Waals surface area contributed by atoms with E-state index >= 15 is 0 Å². The third kappa shape index (κ3) is 4.61. The number of aromatic nitrogens is 4. The van der Waals surface area contributed by atoms with Gasteiger partial charge in [0, 0.05) is 18.0 Å². The Kier molecular flexibility index (Phi) is 5.59. The number of hydrogen-bond acceptors (Lipinski definition) is 3. The molecule has 6 nitrogen and oxygen atoms in total. The van der Waals surface area contributed by atoms with Crippen LogP contribution in [0.4, 0.5) is 19.0 Å². The smallest absolute Gasteiger partial charge is 0.307 e. The minimum atomic E-state index is -4.40. The Labute approximate surface area is 167 Å². The summed E-state index contributed by atoms with van der Waals surface area (Å²) in [7, 11) is 0. The van der Waals surface area contributed by atoms with E-state index in [-0.39, 0.29) is 12.5 Å². The SMILES string of the molecule is Cc1cc(NC(=O)C(C)n2cc(Br)cn2)nn1Cc1cccc(C(F)(F)F)c1. The van der Waals surface area contributed by atoms with Gasteiger partial charge in [-0.2, -0.15) is 23.4 Å². The Morgan fingerprint density at radius 1 is 1.32 bits per heavy atom. The van der Waals surface area contributed by atoms with E-state index in [4.69, 9.17) is 0 Å². The van der Waals surface area contributed by atoms with E-state index < -0.39 is 17.8 Å². The molecule has 148 valence electrons. The molecule has 28 heavy (non-hydrogen) atoms. The van der Waals surface area contributed by atoms with Crippen molar-refractivity contribution in [3.63, 3.8) is 0 Å². The van der Waals surface area contributed by atoms with Gasteiger partial charge in [-0.1, -0.05) is 12.1 Å². The van der Waals surface area contributed by atoms with E-state index in [1.54, 1.807) is 43.1 Å². The molecule has 0 aliphatic carbocycles. The number of amides is 1. The molecule has 3 aromatic rings. The maximum Gasteiger partial charge on any atom is 0.416 e. The van der Waals surface area contributed by atoms with E-state index in [9.17, 15) is 18.0 Å². The molecule has 0 bridgehead atoms. The molecule has 1 unspecified atom stereocenters. The zero-order valence-corrected chi connectivity index (χ0v) is 16.6. The second-order valence-corrected chi connectivity index (χ2v) is 7.25. The van der Waals surface area contributed by atoms with E-state index in [0.29, 0.717) is 17.1 Å². The molecule has 3 rings (SSSR count). The molecule has 0 radical (unpaired) electrons. The molecule has 2 heterocycles.